The molecule has 0 heterocycles. The standard InChI is InChI=1S/C22H32Cl4O4/c1-3-7-15-17(23)9-5-13-21(15,25)29-19(27)11-12-20(28)30-22(26)14-6-10-18(24)16(22)8-4-2/h11-12,15-18H,3-10,13-14H2,1-2H3/b12-11+. The highest BCUT2D eigenvalue weighted by atomic mass is 35.5. The van der Waals surface area contributed by atoms with Crippen LogP contribution in [0, 0.1) is 11.8 Å². The van der Waals surface area contributed by atoms with E-state index < -0.39 is 22.1 Å². The largest absolute Gasteiger partial charge is 0.440 e. The number of hydrogen-bond acceptors (Lipinski definition) is 4. The molecule has 0 bridgehead atoms. The molecule has 6 atom stereocenters. The molecule has 30 heavy (non-hydrogen) atoms. The Morgan fingerprint density at radius 1 is 0.833 bits per heavy atom. The fourth-order valence-corrected chi connectivity index (χ4v) is 6.63. The Balaban J connectivity index is 1.99. The van der Waals surface area contributed by atoms with Crippen molar-refractivity contribution in [2.45, 2.75) is 98.9 Å². The zero-order valence-electron chi connectivity index (χ0n) is 17.7. The van der Waals surface area contributed by atoms with E-state index in [0.29, 0.717) is 12.8 Å². The first-order chi connectivity index (χ1) is 14.1. The molecule has 0 spiro atoms. The van der Waals surface area contributed by atoms with Gasteiger partial charge in [0.1, 0.15) is 0 Å². The van der Waals surface area contributed by atoms with Gasteiger partial charge in [0.05, 0.1) is 0 Å². The van der Waals surface area contributed by atoms with E-state index in [4.69, 9.17) is 55.9 Å². The van der Waals surface area contributed by atoms with E-state index in [2.05, 4.69) is 0 Å². The van der Waals surface area contributed by atoms with Crippen LogP contribution in [0.3, 0.4) is 0 Å². The van der Waals surface area contributed by atoms with Crippen LogP contribution in [-0.2, 0) is 19.1 Å². The molecule has 6 unspecified atom stereocenters. The van der Waals surface area contributed by atoms with E-state index in [1.807, 2.05) is 13.8 Å². The summed E-state index contributed by atoms with van der Waals surface area (Å²) in [6.07, 6.45) is 9.73. The molecule has 2 saturated carbocycles. The van der Waals surface area contributed by atoms with Gasteiger partial charge in [-0.05, 0) is 38.5 Å². The molecule has 2 aliphatic rings. The Bertz CT molecular complexity index is 576. The van der Waals surface area contributed by atoms with Gasteiger partial charge in [0.25, 0.3) is 0 Å². The van der Waals surface area contributed by atoms with E-state index in [-0.39, 0.29) is 22.6 Å². The smallest absolute Gasteiger partial charge is 0.332 e. The maximum Gasteiger partial charge on any atom is 0.332 e. The van der Waals surface area contributed by atoms with Gasteiger partial charge in [0, 0.05) is 47.6 Å². The first-order valence-corrected chi connectivity index (χ1v) is 12.6. The van der Waals surface area contributed by atoms with Crippen molar-refractivity contribution in [3.05, 3.63) is 12.2 Å². The molecule has 4 nitrogen and oxygen atoms in total. The predicted molar refractivity (Wildman–Crippen MR) is 122 cm³/mol. The van der Waals surface area contributed by atoms with Crippen molar-refractivity contribution in [2.24, 2.45) is 11.8 Å². The number of ether oxygens (including phenoxy) is 2. The summed E-state index contributed by atoms with van der Waals surface area (Å²) in [6.45, 7) is 4.08. The van der Waals surface area contributed by atoms with Gasteiger partial charge in [-0.15, -0.1) is 23.2 Å². The number of carbonyl (C=O) groups is 2. The molecule has 0 aromatic carbocycles. The predicted octanol–water partition coefficient (Wildman–Crippen LogP) is 6.91. The lowest BCUT2D eigenvalue weighted by Gasteiger charge is -2.41. The van der Waals surface area contributed by atoms with Crippen molar-refractivity contribution in [3.63, 3.8) is 0 Å². The molecule has 0 radical (unpaired) electrons. The number of hydrogen-bond donors (Lipinski definition) is 0. The fraction of sp³-hybridized carbons (Fsp3) is 0.818. The van der Waals surface area contributed by atoms with E-state index in [1.54, 1.807) is 0 Å². The van der Waals surface area contributed by atoms with Crippen LogP contribution in [0.25, 0.3) is 0 Å². The SMILES string of the molecule is CCCC1C(Cl)CCCC1(Cl)OC(=O)/C=C/C(=O)OC1(Cl)CCCC(Cl)C1CCC. The summed E-state index contributed by atoms with van der Waals surface area (Å²) in [7, 11) is 0. The van der Waals surface area contributed by atoms with Crippen LogP contribution in [0.2, 0.25) is 0 Å². The summed E-state index contributed by atoms with van der Waals surface area (Å²) < 4.78 is 11.1. The average Bonchev–Trinajstić information content (AvgIpc) is 2.66. The number of carbonyl (C=O) groups excluding carboxylic acids is 2. The molecule has 2 rings (SSSR count). The van der Waals surface area contributed by atoms with Crippen molar-refractivity contribution >= 4 is 58.3 Å². The third kappa shape index (κ3) is 6.67. The van der Waals surface area contributed by atoms with Crippen LogP contribution in [0.5, 0.6) is 0 Å². The molecule has 0 aliphatic heterocycles. The lowest BCUT2D eigenvalue weighted by atomic mass is 9.82. The second-order valence-corrected chi connectivity index (χ2v) is 10.8. The van der Waals surface area contributed by atoms with Gasteiger partial charge in [-0.2, -0.15) is 0 Å². The Morgan fingerprint density at radius 2 is 1.20 bits per heavy atom. The second-order valence-electron chi connectivity index (χ2n) is 8.35. The summed E-state index contributed by atoms with van der Waals surface area (Å²) in [5, 5.41) is -2.58. The van der Waals surface area contributed by atoms with Gasteiger partial charge >= 0.3 is 11.9 Å². The summed E-state index contributed by atoms with van der Waals surface area (Å²) in [4.78, 5) is 24.7. The molecule has 2 aliphatic carbocycles. The van der Waals surface area contributed by atoms with Crippen LogP contribution in [0.15, 0.2) is 12.2 Å². The van der Waals surface area contributed by atoms with Crippen molar-refractivity contribution in [1.29, 1.82) is 0 Å². The van der Waals surface area contributed by atoms with E-state index in [1.165, 1.54) is 0 Å². The zero-order valence-corrected chi connectivity index (χ0v) is 20.7. The lowest BCUT2D eigenvalue weighted by Crippen LogP contribution is -2.45. The Morgan fingerprint density at radius 3 is 1.53 bits per heavy atom. The number of halogens is 4. The second kappa shape index (κ2) is 11.6. The molecular formula is C22H32Cl4O4. The third-order valence-corrected chi connectivity index (χ3v) is 8.21. The van der Waals surface area contributed by atoms with Crippen LogP contribution >= 0.6 is 46.4 Å². The van der Waals surface area contributed by atoms with Gasteiger partial charge in [0.15, 0.2) is 10.1 Å². The summed E-state index contributed by atoms with van der Waals surface area (Å²) in [6, 6.07) is 0. The Labute approximate surface area is 199 Å². The van der Waals surface area contributed by atoms with Crippen LogP contribution in [0.1, 0.15) is 78.1 Å². The van der Waals surface area contributed by atoms with Crippen LogP contribution in [-0.4, -0.2) is 32.8 Å². The van der Waals surface area contributed by atoms with E-state index in [9.17, 15) is 9.59 Å². The summed E-state index contributed by atoms with van der Waals surface area (Å²) in [5.74, 6) is -1.65. The van der Waals surface area contributed by atoms with E-state index in [0.717, 1.165) is 63.5 Å². The highest BCUT2D eigenvalue weighted by molar-refractivity contribution is 6.27. The molecule has 172 valence electrons. The monoisotopic (exact) mass is 500 g/mol. The van der Waals surface area contributed by atoms with E-state index >= 15 is 0 Å². The summed E-state index contributed by atoms with van der Waals surface area (Å²) >= 11 is 26.2. The fourth-order valence-electron chi connectivity index (χ4n) is 4.60. The zero-order chi connectivity index (χ0) is 22.4. The number of esters is 2. The molecule has 8 heteroatoms. The topological polar surface area (TPSA) is 52.6 Å². The Kier molecular flexibility index (Phi) is 10.1. The van der Waals surface area contributed by atoms with Crippen molar-refractivity contribution < 1.29 is 19.1 Å². The van der Waals surface area contributed by atoms with Gasteiger partial charge < -0.3 is 9.47 Å². The summed E-state index contributed by atoms with van der Waals surface area (Å²) in [5.41, 5.74) is 0. The van der Waals surface area contributed by atoms with Crippen molar-refractivity contribution in [3.8, 4) is 0 Å². The van der Waals surface area contributed by atoms with Crippen molar-refractivity contribution in [1.82, 2.24) is 0 Å². The molecule has 0 amide bonds. The average molecular weight is 502 g/mol. The highest BCUT2D eigenvalue weighted by Gasteiger charge is 2.47. The van der Waals surface area contributed by atoms with Crippen molar-refractivity contribution in [2.75, 3.05) is 0 Å². The quantitative estimate of drug-likeness (QED) is 0.206. The molecule has 0 N–H and O–H groups in total. The minimum Gasteiger partial charge on any atom is -0.440 e. The molecule has 0 saturated heterocycles. The molecular weight excluding hydrogens is 470 g/mol. The Hall–Kier alpha value is -0.160. The maximum atomic E-state index is 12.4. The maximum absolute atomic E-state index is 12.4. The van der Waals surface area contributed by atoms with Gasteiger partial charge in [-0.1, -0.05) is 49.9 Å². The first kappa shape index (κ1) is 26.1. The molecule has 2 fully saturated rings. The van der Waals surface area contributed by atoms with Gasteiger partial charge in [0.2, 0.25) is 0 Å². The number of alkyl halides is 4. The molecule has 0 aromatic heterocycles. The van der Waals surface area contributed by atoms with Crippen LogP contribution < -0.4 is 0 Å². The van der Waals surface area contributed by atoms with Crippen LogP contribution in [0.4, 0.5) is 0 Å². The normalized spacial score (nSPS) is 37.1. The number of rotatable bonds is 8. The minimum absolute atomic E-state index is 0.132. The van der Waals surface area contributed by atoms with Gasteiger partial charge in [-0.3, -0.25) is 0 Å². The third-order valence-electron chi connectivity index (χ3n) is 6.07. The first-order valence-electron chi connectivity index (χ1n) is 10.9. The van der Waals surface area contributed by atoms with Gasteiger partial charge in [-0.25, -0.2) is 9.59 Å². The molecule has 0 aromatic rings. The highest BCUT2D eigenvalue weighted by Crippen LogP contribution is 2.46. The lowest BCUT2D eigenvalue weighted by molar-refractivity contribution is -0.155. The minimum atomic E-state index is -1.15.